The van der Waals surface area contributed by atoms with Gasteiger partial charge in [-0.05, 0) is 111 Å². The van der Waals surface area contributed by atoms with Crippen molar-refractivity contribution < 1.29 is 8.98 Å². The van der Waals surface area contributed by atoms with Crippen LogP contribution in [0.5, 0.6) is 0 Å². The van der Waals surface area contributed by atoms with Crippen molar-refractivity contribution in [2.24, 2.45) is 0 Å². The quantitative estimate of drug-likeness (QED) is 0.158. The van der Waals surface area contributed by atoms with E-state index >= 15 is 4.57 Å². The molecule has 260 valence electrons. The minimum absolute atomic E-state index is 0.603. The highest BCUT2D eigenvalue weighted by Gasteiger charge is 2.53. The van der Waals surface area contributed by atoms with Crippen molar-refractivity contribution in [3.63, 3.8) is 0 Å². The number of furan rings is 1. The second kappa shape index (κ2) is 10.2. The smallest absolute Gasteiger partial charge is 0.142 e. The third-order valence-corrected chi connectivity index (χ3v) is 15.6. The lowest BCUT2D eigenvalue weighted by Crippen LogP contribution is -2.33. The number of benzene rings is 8. The normalized spacial score (nSPS) is 18.3. The molecule has 3 aliphatic rings. The van der Waals surface area contributed by atoms with Gasteiger partial charge in [-0.1, -0.05) is 109 Å². The second-order valence-electron chi connectivity index (χ2n) is 15.5. The van der Waals surface area contributed by atoms with Crippen molar-refractivity contribution >= 4 is 61.5 Å². The standard InChI is InChI=1S/C51H29N2O2P/c1-56(54)47-16-7-3-10-33(47)35-20-22-41-48(50(35)56)38-27-30(31-19-24-46-37(26-31)36-25-29(28-52)17-23-45(36)55-46)18-21-39(38)51(41)40-12-4-6-15-44(40)53-43-14-5-2-9-32(43)34-11-8-13-42(51)49(34)53/h2-27H,1H3/t51?,56-/m0/s1. The minimum Gasteiger partial charge on any atom is -0.456 e. The van der Waals surface area contributed by atoms with Gasteiger partial charge in [-0.3, -0.25) is 0 Å². The van der Waals surface area contributed by atoms with Crippen molar-refractivity contribution in [1.29, 1.82) is 5.26 Å². The summed E-state index contributed by atoms with van der Waals surface area (Å²) in [7, 11) is -3.01. The number of hydrogen-bond acceptors (Lipinski definition) is 3. The van der Waals surface area contributed by atoms with Crippen molar-refractivity contribution in [3.8, 4) is 45.1 Å². The van der Waals surface area contributed by atoms with Gasteiger partial charge in [-0.25, -0.2) is 0 Å². The van der Waals surface area contributed by atoms with E-state index < -0.39 is 12.6 Å². The predicted molar refractivity (Wildman–Crippen MR) is 227 cm³/mol. The van der Waals surface area contributed by atoms with Gasteiger partial charge in [0, 0.05) is 32.2 Å². The Morgan fingerprint density at radius 1 is 0.589 bits per heavy atom. The SMILES string of the molecule is C[P@]1(=O)c2ccccc2-c2ccc3c(c21)-c1cc(-c2ccc4oc5ccc(C#N)cc5c4c2)ccc1C31c2ccccc2-n2c3ccccc3c3cccc1c32. The van der Waals surface area contributed by atoms with Crippen LogP contribution < -0.4 is 10.6 Å². The molecule has 5 heteroatoms. The lowest BCUT2D eigenvalue weighted by Gasteiger charge is -2.39. The van der Waals surface area contributed by atoms with E-state index in [1.54, 1.807) is 6.07 Å². The molecule has 0 saturated heterocycles. The van der Waals surface area contributed by atoms with Crippen LogP contribution in [0, 0.1) is 11.3 Å². The molecular formula is C51H29N2O2P. The zero-order valence-electron chi connectivity index (χ0n) is 30.2. The monoisotopic (exact) mass is 732 g/mol. The molecule has 10 aromatic rings. The third kappa shape index (κ3) is 3.46. The van der Waals surface area contributed by atoms with E-state index in [2.05, 4.69) is 138 Å². The van der Waals surface area contributed by atoms with Gasteiger partial charge in [-0.2, -0.15) is 5.26 Å². The predicted octanol–water partition coefficient (Wildman–Crippen LogP) is 11.8. The summed E-state index contributed by atoms with van der Waals surface area (Å²) in [6, 6.07) is 58.4. The summed E-state index contributed by atoms with van der Waals surface area (Å²) in [5, 5.41) is 15.9. The molecule has 8 aromatic carbocycles. The zero-order valence-corrected chi connectivity index (χ0v) is 31.1. The van der Waals surface area contributed by atoms with Gasteiger partial charge in [0.1, 0.15) is 18.3 Å². The first kappa shape index (κ1) is 30.4. The lowest BCUT2D eigenvalue weighted by molar-refractivity contribution is 0.591. The van der Waals surface area contributed by atoms with Gasteiger partial charge >= 0.3 is 0 Å². The minimum atomic E-state index is -3.01. The number of nitriles is 1. The number of nitrogens with zero attached hydrogens (tertiary/aromatic N) is 2. The van der Waals surface area contributed by atoms with Crippen LogP contribution in [0.1, 0.15) is 27.8 Å². The average molecular weight is 733 g/mol. The molecule has 13 rings (SSSR count). The Balaban J connectivity index is 1.17. The Hall–Kier alpha value is -6.92. The molecule has 0 fully saturated rings. The van der Waals surface area contributed by atoms with Gasteiger partial charge in [0.2, 0.25) is 0 Å². The summed E-state index contributed by atoms with van der Waals surface area (Å²) in [6.45, 7) is 1.97. The molecule has 56 heavy (non-hydrogen) atoms. The summed E-state index contributed by atoms with van der Waals surface area (Å²) in [6.07, 6.45) is 0. The van der Waals surface area contributed by atoms with Crippen LogP contribution in [-0.2, 0) is 9.98 Å². The topological polar surface area (TPSA) is 58.9 Å². The highest BCUT2D eigenvalue weighted by Crippen LogP contribution is 2.64. The summed E-state index contributed by atoms with van der Waals surface area (Å²) in [4.78, 5) is 0. The van der Waals surface area contributed by atoms with Gasteiger partial charge in [0.25, 0.3) is 0 Å². The molecule has 0 bridgehead atoms. The fourth-order valence-corrected chi connectivity index (χ4v) is 13.3. The van der Waals surface area contributed by atoms with Crippen LogP contribution in [0.3, 0.4) is 0 Å². The first-order chi connectivity index (χ1) is 27.5. The van der Waals surface area contributed by atoms with Crippen LogP contribution in [-0.4, -0.2) is 11.2 Å². The van der Waals surface area contributed by atoms with E-state index in [1.165, 1.54) is 44.1 Å². The van der Waals surface area contributed by atoms with E-state index in [1.807, 2.05) is 30.9 Å². The van der Waals surface area contributed by atoms with Crippen LogP contribution in [0.25, 0.3) is 82.8 Å². The fourth-order valence-electron chi connectivity index (χ4n) is 10.7. The van der Waals surface area contributed by atoms with Crippen LogP contribution in [0.2, 0.25) is 0 Å². The molecule has 0 N–H and O–H groups in total. The molecule has 0 amide bonds. The molecule has 2 aliphatic heterocycles. The lowest BCUT2D eigenvalue weighted by atomic mass is 9.65. The maximum Gasteiger partial charge on any atom is 0.142 e. The summed E-state index contributed by atoms with van der Waals surface area (Å²) in [5.74, 6) is 0. The second-order valence-corrected chi connectivity index (χ2v) is 18.3. The van der Waals surface area contributed by atoms with Crippen LogP contribution in [0.15, 0.2) is 162 Å². The van der Waals surface area contributed by atoms with Crippen molar-refractivity contribution in [2.45, 2.75) is 5.41 Å². The van der Waals surface area contributed by atoms with E-state index in [0.717, 1.165) is 71.6 Å². The number of rotatable bonds is 1. The number of para-hydroxylation sites is 3. The Morgan fingerprint density at radius 3 is 2.21 bits per heavy atom. The average Bonchev–Trinajstić information content (AvgIpc) is 3.94. The summed E-state index contributed by atoms with van der Waals surface area (Å²) < 4.78 is 24.1. The molecule has 0 radical (unpaired) electrons. The zero-order chi connectivity index (χ0) is 37.1. The number of hydrogen-bond donors (Lipinski definition) is 0. The highest BCUT2D eigenvalue weighted by atomic mass is 31.2. The maximum absolute atomic E-state index is 15.5. The molecule has 1 aliphatic carbocycles. The van der Waals surface area contributed by atoms with E-state index in [-0.39, 0.29) is 0 Å². The molecule has 2 atom stereocenters. The molecular weight excluding hydrogens is 704 g/mol. The third-order valence-electron chi connectivity index (χ3n) is 12.9. The molecule has 0 saturated carbocycles. The Kier molecular flexibility index (Phi) is 5.55. The first-order valence-electron chi connectivity index (χ1n) is 19.0. The molecule has 2 aromatic heterocycles. The van der Waals surface area contributed by atoms with Crippen LogP contribution >= 0.6 is 7.14 Å². The van der Waals surface area contributed by atoms with Gasteiger partial charge in [0.15, 0.2) is 0 Å². The van der Waals surface area contributed by atoms with Gasteiger partial charge in [0.05, 0.1) is 33.8 Å². The van der Waals surface area contributed by atoms with Crippen molar-refractivity contribution in [2.75, 3.05) is 6.66 Å². The Bertz CT molecular complexity index is 3560. The maximum atomic E-state index is 15.5. The van der Waals surface area contributed by atoms with Crippen molar-refractivity contribution in [1.82, 2.24) is 4.57 Å². The molecule has 4 nitrogen and oxygen atoms in total. The Labute approximate surface area is 321 Å². The highest BCUT2D eigenvalue weighted by molar-refractivity contribution is 7.79. The first-order valence-corrected chi connectivity index (χ1v) is 21.1. The van der Waals surface area contributed by atoms with Crippen LogP contribution in [0.4, 0.5) is 0 Å². The molecule has 1 unspecified atom stereocenters. The summed E-state index contributed by atoms with van der Waals surface area (Å²) >= 11 is 0. The van der Waals surface area contributed by atoms with E-state index in [0.29, 0.717) is 5.56 Å². The van der Waals surface area contributed by atoms with Gasteiger partial charge in [-0.15, -0.1) is 0 Å². The number of aromatic nitrogens is 1. The Morgan fingerprint density at radius 2 is 1.30 bits per heavy atom. The molecule has 1 spiro atoms. The largest absolute Gasteiger partial charge is 0.456 e. The van der Waals surface area contributed by atoms with E-state index in [9.17, 15) is 5.26 Å². The fraction of sp³-hybridized carbons (Fsp3) is 0.0392. The summed E-state index contributed by atoms with van der Waals surface area (Å²) in [5.41, 5.74) is 16.3. The number of fused-ring (bicyclic) bond motifs is 19. The van der Waals surface area contributed by atoms with E-state index in [4.69, 9.17) is 4.42 Å². The van der Waals surface area contributed by atoms with Gasteiger partial charge < -0.3 is 13.5 Å². The van der Waals surface area contributed by atoms with Crippen molar-refractivity contribution in [3.05, 3.63) is 186 Å². The molecule has 4 heterocycles.